The van der Waals surface area contributed by atoms with Gasteiger partial charge < -0.3 is 9.64 Å². The average Bonchev–Trinajstić information content (AvgIpc) is 3.06. The van der Waals surface area contributed by atoms with E-state index in [1.807, 2.05) is 37.4 Å². The van der Waals surface area contributed by atoms with Crippen molar-refractivity contribution in [2.75, 3.05) is 20.2 Å². The molecule has 0 radical (unpaired) electrons. The molecule has 0 saturated heterocycles. The maximum atomic E-state index is 11.8. The van der Waals surface area contributed by atoms with Crippen molar-refractivity contribution in [2.24, 2.45) is 11.8 Å². The van der Waals surface area contributed by atoms with E-state index >= 15 is 0 Å². The van der Waals surface area contributed by atoms with Gasteiger partial charge in [-0.2, -0.15) is 0 Å². The van der Waals surface area contributed by atoms with Gasteiger partial charge in [0.15, 0.2) is 0 Å². The normalized spacial score (nSPS) is 22.0. The molecule has 0 bridgehead atoms. The van der Waals surface area contributed by atoms with Crippen LogP contribution in [0.5, 0.6) is 5.75 Å². The lowest BCUT2D eigenvalue weighted by Crippen LogP contribution is -2.32. The molecule has 3 nitrogen and oxygen atoms in total. The molecule has 1 aliphatic carbocycles. The lowest BCUT2D eigenvalue weighted by Gasteiger charge is -2.17. The lowest BCUT2D eigenvalue weighted by atomic mass is 10.3. The molecule has 1 amide bonds. The molecule has 2 atom stereocenters. The minimum Gasteiger partial charge on any atom is -0.492 e. The fourth-order valence-corrected chi connectivity index (χ4v) is 1.88. The topological polar surface area (TPSA) is 29.5 Å². The molecule has 1 aromatic carbocycles. The number of carbonyl (C=O) groups is 1. The van der Waals surface area contributed by atoms with Crippen molar-refractivity contribution in [3.05, 3.63) is 30.3 Å². The van der Waals surface area contributed by atoms with Crippen molar-refractivity contribution in [3.8, 4) is 5.75 Å². The summed E-state index contributed by atoms with van der Waals surface area (Å²) in [4.78, 5) is 13.6. The Morgan fingerprint density at radius 2 is 2.06 bits per heavy atom. The number of hydrogen-bond donors (Lipinski definition) is 0. The Kier molecular flexibility index (Phi) is 3.67. The summed E-state index contributed by atoms with van der Waals surface area (Å²) in [6.07, 6.45) is 1.04. The van der Waals surface area contributed by atoms with Crippen LogP contribution in [0.1, 0.15) is 13.3 Å². The summed E-state index contributed by atoms with van der Waals surface area (Å²) in [5.41, 5.74) is 0. The first-order valence-corrected chi connectivity index (χ1v) is 6.11. The van der Waals surface area contributed by atoms with Gasteiger partial charge in [-0.15, -0.1) is 0 Å². The zero-order chi connectivity index (χ0) is 12.3. The highest BCUT2D eigenvalue weighted by Gasteiger charge is 2.40. The zero-order valence-electron chi connectivity index (χ0n) is 10.4. The number of benzene rings is 1. The fourth-order valence-electron chi connectivity index (χ4n) is 1.88. The second-order valence-electron chi connectivity index (χ2n) is 4.74. The van der Waals surface area contributed by atoms with Gasteiger partial charge in [0.05, 0.1) is 6.54 Å². The highest BCUT2D eigenvalue weighted by molar-refractivity contribution is 5.81. The molecule has 2 rings (SSSR count). The monoisotopic (exact) mass is 233 g/mol. The van der Waals surface area contributed by atoms with Crippen LogP contribution in [0.4, 0.5) is 0 Å². The highest BCUT2D eigenvalue weighted by Crippen LogP contribution is 2.38. The average molecular weight is 233 g/mol. The number of carbonyl (C=O) groups excluding carboxylic acids is 1. The molecule has 0 aliphatic heterocycles. The minimum atomic E-state index is 0.258. The molecular formula is C14H19NO2. The van der Waals surface area contributed by atoms with Gasteiger partial charge >= 0.3 is 0 Å². The van der Waals surface area contributed by atoms with E-state index in [0.29, 0.717) is 19.1 Å². The van der Waals surface area contributed by atoms with E-state index < -0.39 is 0 Å². The van der Waals surface area contributed by atoms with Crippen molar-refractivity contribution >= 4 is 5.91 Å². The molecule has 1 fully saturated rings. The van der Waals surface area contributed by atoms with E-state index in [4.69, 9.17) is 4.74 Å². The lowest BCUT2D eigenvalue weighted by molar-refractivity contribution is -0.131. The maximum absolute atomic E-state index is 11.8. The third-order valence-corrected chi connectivity index (χ3v) is 3.24. The van der Waals surface area contributed by atoms with Gasteiger partial charge in [0.25, 0.3) is 0 Å². The van der Waals surface area contributed by atoms with Gasteiger partial charge in [-0.1, -0.05) is 25.1 Å². The number of ether oxygens (including phenoxy) is 1. The number of amides is 1. The van der Waals surface area contributed by atoms with E-state index in [1.54, 1.807) is 4.90 Å². The quantitative estimate of drug-likeness (QED) is 0.780. The van der Waals surface area contributed by atoms with Gasteiger partial charge in [-0.25, -0.2) is 0 Å². The van der Waals surface area contributed by atoms with Crippen LogP contribution in [-0.2, 0) is 4.79 Å². The number of rotatable bonds is 5. The minimum absolute atomic E-state index is 0.258. The Labute approximate surface area is 102 Å². The summed E-state index contributed by atoms with van der Waals surface area (Å²) < 4.78 is 5.56. The standard InChI is InChI=1S/C14H19NO2/c1-11-10-13(11)14(16)15(2)8-9-17-12-6-4-3-5-7-12/h3-7,11,13H,8-10H2,1-2H3. The van der Waals surface area contributed by atoms with Crippen LogP contribution in [0.15, 0.2) is 30.3 Å². The highest BCUT2D eigenvalue weighted by atomic mass is 16.5. The molecule has 92 valence electrons. The summed E-state index contributed by atoms with van der Waals surface area (Å²) in [5, 5.41) is 0. The first-order chi connectivity index (χ1) is 8.18. The molecule has 0 N–H and O–H groups in total. The molecule has 1 aromatic rings. The van der Waals surface area contributed by atoms with Crippen LogP contribution < -0.4 is 4.74 Å². The van der Waals surface area contributed by atoms with Crippen LogP contribution in [-0.4, -0.2) is 31.0 Å². The number of nitrogens with zero attached hydrogens (tertiary/aromatic N) is 1. The Bertz CT molecular complexity index is 377. The predicted octanol–water partition coefficient (Wildman–Crippen LogP) is 2.18. The SMILES string of the molecule is CC1CC1C(=O)N(C)CCOc1ccccc1. The molecule has 2 unspecified atom stereocenters. The Morgan fingerprint density at radius 1 is 1.41 bits per heavy atom. The number of hydrogen-bond acceptors (Lipinski definition) is 2. The summed E-state index contributed by atoms with van der Waals surface area (Å²) in [6, 6.07) is 9.68. The third kappa shape index (κ3) is 3.22. The summed E-state index contributed by atoms with van der Waals surface area (Å²) >= 11 is 0. The van der Waals surface area contributed by atoms with E-state index in [2.05, 4.69) is 6.92 Å². The molecule has 0 heterocycles. The van der Waals surface area contributed by atoms with Crippen LogP contribution in [0.2, 0.25) is 0 Å². The molecule has 1 saturated carbocycles. The van der Waals surface area contributed by atoms with E-state index in [9.17, 15) is 4.79 Å². The first-order valence-electron chi connectivity index (χ1n) is 6.11. The number of likely N-dealkylation sites (N-methyl/N-ethyl adjacent to an activating group) is 1. The molecule has 17 heavy (non-hydrogen) atoms. The first kappa shape index (κ1) is 12.0. The smallest absolute Gasteiger partial charge is 0.225 e. The Hall–Kier alpha value is -1.51. The maximum Gasteiger partial charge on any atom is 0.225 e. The predicted molar refractivity (Wildman–Crippen MR) is 66.8 cm³/mol. The summed E-state index contributed by atoms with van der Waals surface area (Å²) in [6.45, 7) is 3.32. The second-order valence-corrected chi connectivity index (χ2v) is 4.74. The van der Waals surface area contributed by atoms with Gasteiger partial charge in [0, 0.05) is 13.0 Å². The molecular weight excluding hydrogens is 214 g/mol. The molecule has 3 heteroatoms. The Morgan fingerprint density at radius 3 is 2.65 bits per heavy atom. The van der Waals surface area contributed by atoms with Crippen molar-refractivity contribution in [2.45, 2.75) is 13.3 Å². The van der Waals surface area contributed by atoms with E-state index in [0.717, 1.165) is 12.2 Å². The zero-order valence-corrected chi connectivity index (χ0v) is 10.4. The summed E-state index contributed by atoms with van der Waals surface area (Å²) in [7, 11) is 1.85. The molecule has 1 aliphatic rings. The van der Waals surface area contributed by atoms with Gasteiger partial charge in [-0.05, 0) is 24.5 Å². The van der Waals surface area contributed by atoms with E-state index in [-0.39, 0.29) is 11.8 Å². The third-order valence-electron chi connectivity index (χ3n) is 3.24. The molecule has 0 spiro atoms. The van der Waals surface area contributed by atoms with Crippen LogP contribution in [0.25, 0.3) is 0 Å². The Balaban J connectivity index is 1.70. The van der Waals surface area contributed by atoms with Gasteiger partial charge in [-0.3, -0.25) is 4.79 Å². The second kappa shape index (κ2) is 5.21. The van der Waals surface area contributed by atoms with Gasteiger partial charge in [0.1, 0.15) is 12.4 Å². The van der Waals surface area contributed by atoms with Crippen LogP contribution in [0.3, 0.4) is 0 Å². The molecule has 0 aromatic heterocycles. The number of para-hydroxylation sites is 1. The van der Waals surface area contributed by atoms with Crippen molar-refractivity contribution in [1.82, 2.24) is 4.90 Å². The largest absolute Gasteiger partial charge is 0.492 e. The fraction of sp³-hybridized carbons (Fsp3) is 0.500. The van der Waals surface area contributed by atoms with Crippen molar-refractivity contribution < 1.29 is 9.53 Å². The summed E-state index contributed by atoms with van der Waals surface area (Å²) in [5.74, 6) is 1.94. The van der Waals surface area contributed by atoms with Crippen molar-refractivity contribution in [1.29, 1.82) is 0 Å². The van der Waals surface area contributed by atoms with E-state index in [1.165, 1.54) is 0 Å². The van der Waals surface area contributed by atoms with Crippen molar-refractivity contribution in [3.63, 3.8) is 0 Å². The van der Waals surface area contributed by atoms with Crippen LogP contribution in [0, 0.1) is 11.8 Å². The van der Waals surface area contributed by atoms with Gasteiger partial charge in [0.2, 0.25) is 5.91 Å². The van der Waals surface area contributed by atoms with Crippen LogP contribution >= 0.6 is 0 Å².